The maximum absolute atomic E-state index is 5.48. The molecule has 0 aromatic carbocycles. The molecule has 0 aromatic heterocycles. The fourth-order valence-electron chi connectivity index (χ4n) is 3.92. The first kappa shape index (κ1) is 15.3. The molecule has 1 aliphatic heterocycles. The molecule has 0 bridgehead atoms. The molecule has 2 rings (SSSR count). The van der Waals surface area contributed by atoms with Gasteiger partial charge in [0.15, 0.2) is 0 Å². The summed E-state index contributed by atoms with van der Waals surface area (Å²) in [5, 5.41) is 3.45. The molecule has 1 aliphatic carbocycles. The minimum atomic E-state index is 0.503. The molecule has 2 fully saturated rings. The van der Waals surface area contributed by atoms with Gasteiger partial charge in [-0.05, 0) is 44.1 Å². The molecule has 0 unspecified atom stereocenters. The van der Waals surface area contributed by atoms with Gasteiger partial charge in [0.05, 0.1) is 6.10 Å². The molecule has 19 heavy (non-hydrogen) atoms. The molecule has 1 saturated carbocycles. The Balaban J connectivity index is 1.86. The van der Waals surface area contributed by atoms with E-state index in [1.165, 1.54) is 64.7 Å². The zero-order valence-electron chi connectivity index (χ0n) is 13.1. The third-order valence-electron chi connectivity index (χ3n) is 5.31. The number of methoxy groups -OCH3 is 1. The van der Waals surface area contributed by atoms with E-state index in [2.05, 4.69) is 24.2 Å². The molecule has 3 nitrogen and oxygen atoms in total. The monoisotopic (exact) mass is 268 g/mol. The molecule has 1 saturated heterocycles. The summed E-state index contributed by atoms with van der Waals surface area (Å²) in [6.45, 7) is 7.33. The van der Waals surface area contributed by atoms with Crippen LogP contribution in [-0.4, -0.2) is 51.3 Å². The zero-order chi connectivity index (χ0) is 13.7. The lowest BCUT2D eigenvalue weighted by Gasteiger charge is -2.44. The van der Waals surface area contributed by atoms with Gasteiger partial charge in [-0.25, -0.2) is 0 Å². The minimum Gasteiger partial charge on any atom is -0.381 e. The van der Waals surface area contributed by atoms with E-state index in [1.54, 1.807) is 0 Å². The second-order valence-electron chi connectivity index (χ2n) is 6.92. The maximum Gasteiger partial charge on any atom is 0.0595 e. The van der Waals surface area contributed by atoms with Crippen LogP contribution < -0.4 is 5.32 Å². The smallest absolute Gasteiger partial charge is 0.0595 e. The number of hydrogen-bond acceptors (Lipinski definition) is 3. The first-order valence-electron chi connectivity index (χ1n) is 8.07. The van der Waals surface area contributed by atoms with E-state index in [1.807, 2.05) is 7.11 Å². The van der Waals surface area contributed by atoms with Crippen molar-refractivity contribution in [2.45, 2.75) is 51.6 Å². The van der Waals surface area contributed by atoms with Crippen molar-refractivity contribution in [3.63, 3.8) is 0 Å². The first-order valence-corrected chi connectivity index (χ1v) is 8.07. The van der Waals surface area contributed by atoms with Crippen molar-refractivity contribution in [3.8, 4) is 0 Å². The van der Waals surface area contributed by atoms with Crippen LogP contribution in [0, 0.1) is 11.3 Å². The Morgan fingerprint density at radius 3 is 2.32 bits per heavy atom. The van der Waals surface area contributed by atoms with Gasteiger partial charge in [0.25, 0.3) is 0 Å². The fourth-order valence-corrected chi connectivity index (χ4v) is 3.92. The molecular weight excluding hydrogens is 236 g/mol. The van der Waals surface area contributed by atoms with Crippen LogP contribution in [0.25, 0.3) is 0 Å². The van der Waals surface area contributed by atoms with Crippen LogP contribution in [0.1, 0.15) is 45.4 Å². The van der Waals surface area contributed by atoms with Crippen molar-refractivity contribution < 1.29 is 4.74 Å². The minimum absolute atomic E-state index is 0.503. The summed E-state index contributed by atoms with van der Waals surface area (Å²) in [5.74, 6) is 0.934. The number of hydrogen-bond donors (Lipinski definition) is 1. The quantitative estimate of drug-likeness (QED) is 0.829. The summed E-state index contributed by atoms with van der Waals surface area (Å²) in [6, 6.07) is 0. The Kier molecular flexibility index (Phi) is 5.67. The van der Waals surface area contributed by atoms with E-state index < -0.39 is 0 Å². The third-order valence-corrected chi connectivity index (χ3v) is 5.31. The van der Waals surface area contributed by atoms with Crippen LogP contribution in [0.4, 0.5) is 0 Å². The maximum atomic E-state index is 5.48. The van der Waals surface area contributed by atoms with Crippen LogP contribution in [0.2, 0.25) is 0 Å². The largest absolute Gasteiger partial charge is 0.381 e. The van der Waals surface area contributed by atoms with Crippen LogP contribution >= 0.6 is 0 Å². The summed E-state index contributed by atoms with van der Waals surface area (Å²) >= 11 is 0. The lowest BCUT2D eigenvalue weighted by molar-refractivity contribution is 0.0161. The average molecular weight is 268 g/mol. The summed E-state index contributed by atoms with van der Waals surface area (Å²) < 4.78 is 5.48. The molecule has 1 heterocycles. The van der Waals surface area contributed by atoms with Gasteiger partial charge in [0.2, 0.25) is 0 Å². The molecule has 0 amide bonds. The van der Waals surface area contributed by atoms with Gasteiger partial charge in [-0.3, -0.25) is 0 Å². The molecular formula is C16H32N2O. The highest BCUT2D eigenvalue weighted by Gasteiger charge is 2.36. The highest BCUT2D eigenvalue weighted by Crippen LogP contribution is 2.39. The van der Waals surface area contributed by atoms with Crippen LogP contribution in [-0.2, 0) is 4.74 Å². The van der Waals surface area contributed by atoms with Gasteiger partial charge < -0.3 is 15.0 Å². The average Bonchev–Trinajstić information content (AvgIpc) is 2.43. The van der Waals surface area contributed by atoms with Gasteiger partial charge in [-0.15, -0.1) is 0 Å². The normalized spacial score (nSPS) is 34.6. The first-order chi connectivity index (χ1) is 9.17. The molecule has 0 radical (unpaired) electrons. The Hall–Kier alpha value is -0.120. The van der Waals surface area contributed by atoms with E-state index in [4.69, 9.17) is 4.74 Å². The topological polar surface area (TPSA) is 24.5 Å². The van der Waals surface area contributed by atoms with E-state index in [9.17, 15) is 0 Å². The van der Waals surface area contributed by atoms with Crippen molar-refractivity contribution in [2.24, 2.45) is 11.3 Å². The second kappa shape index (κ2) is 7.05. The number of ether oxygens (including phenoxy) is 1. The fraction of sp³-hybridized carbons (Fsp3) is 1.00. The van der Waals surface area contributed by atoms with Crippen molar-refractivity contribution in [2.75, 3.05) is 40.3 Å². The molecule has 0 spiro atoms. The van der Waals surface area contributed by atoms with E-state index >= 15 is 0 Å². The lowest BCUT2D eigenvalue weighted by atomic mass is 9.70. The Labute approximate surface area is 119 Å². The molecule has 2 aliphatic rings. The predicted molar refractivity (Wildman–Crippen MR) is 80.5 cm³/mol. The number of likely N-dealkylation sites (tertiary alicyclic amines) is 1. The molecule has 112 valence electrons. The van der Waals surface area contributed by atoms with E-state index in [0.717, 1.165) is 5.92 Å². The highest BCUT2D eigenvalue weighted by atomic mass is 16.5. The predicted octanol–water partition coefficient (Wildman–Crippen LogP) is 2.51. The molecule has 1 N–H and O–H groups in total. The summed E-state index contributed by atoms with van der Waals surface area (Å²) in [5.41, 5.74) is 0.529. The van der Waals surface area contributed by atoms with Crippen molar-refractivity contribution in [3.05, 3.63) is 0 Å². The van der Waals surface area contributed by atoms with Gasteiger partial charge in [0.1, 0.15) is 0 Å². The second-order valence-corrected chi connectivity index (χ2v) is 6.92. The number of nitrogens with one attached hydrogen (secondary N) is 1. The molecule has 3 heteroatoms. The summed E-state index contributed by atoms with van der Waals surface area (Å²) in [6.07, 6.45) is 8.55. The van der Waals surface area contributed by atoms with Crippen molar-refractivity contribution >= 4 is 0 Å². The van der Waals surface area contributed by atoms with Crippen molar-refractivity contribution in [1.82, 2.24) is 10.2 Å². The Morgan fingerprint density at radius 1 is 1.16 bits per heavy atom. The van der Waals surface area contributed by atoms with Gasteiger partial charge >= 0.3 is 0 Å². The van der Waals surface area contributed by atoms with Crippen LogP contribution in [0.5, 0.6) is 0 Å². The lowest BCUT2D eigenvalue weighted by Crippen LogP contribution is -2.48. The van der Waals surface area contributed by atoms with Gasteiger partial charge in [-0.2, -0.15) is 0 Å². The van der Waals surface area contributed by atoms with Gasteiger partial charge in [0, 0.05) is 33.3 Å². The standard InChI is InChI=1S/C16H32N2O/c1-14-4-8-16(9-5-14,12-17-2)13-18-10-6-15(19-3)7-11-18/h14-15,17H,4-13H2,1-3H3. The van der Waals surface area contributed by atoms with Crippen LogP contribution in [0.15, 0.2) is 0 Å². The number of nitrogens with zero attached hydrogens (tertiary/aromatic N) is 1. The summed E-state index contributed by atoms with van der Waals surface area (Å²) in [7, 11) is 3.96. The van der Waals surface area contributed by atoms with Crippen molar-refractivity contribution in [1.29, 1.82) is 0 Å². The number of piperidine rings is 1. The van der Waals surface area contributed by atoms with Gasteiger partial charge in [-0.1, -0.05) is 19.8 Å². The zero-order valence-corrected chi connectivity index (χ0v) is 13.1. The van der Waals surface area contributed by atoms with E-state index in [0.29, 0.717) is 11.5 Å². The van der Waals surface area contributed by atoms with E-state index in [-0.39, 0.29) is 0 Å². The Bertz CT molecular complexity index is 253. The highest BCUT2D eigenvalue weighted by molar-refractivity contribution is 4.90. The summed E-state index contributed by atoms with van der Waals surface area (Å²) in [4.78, 5) is 2.68. The molecule has 0 aromatic rings. The Morgan fingerprint density at radius 2 is 1.79 bits per heavy atom. The SMILES string of the molecule is CNCC1(CN2CCC(OC)CC2)CCC(C)CC1. The third kappa shape index (κ3) is 4.17. The molecule has 0 atom stereocenters. The van der Waals surface area contributed by atoms with Crippen LogP contribution in [0.3, 0.4) is 0 Å². The number of rotatable bonds is 5.